The van der Waals surface area contributed by atoms with Crippen LogP contribution in [0.2, 0.25) is 0 Å². The van der Waals surface area contributed by atoms with Gasteiger partial charge in [-0.3, -0.25) is 19.1 Å². The van der Waals surface area contributed by atoms with Crippen LogP contribution in [0, 0.1) is 0 Å². The number of aliphatic hydroxyl groups excluding tert-OH is 1. The molecular formula is C26H32N4O7S. The molecule has 4 N–H and O–H groups in total. The molecule has 0 aliphatic carbocycles. The van der Waals surface area contributed by atoms with Crippen LogP contribution in [-0.4, -0.2) is 81.8 Å². The number of anilines is 1. The second-order valence-electron chi connectivity index (χ2n) is 9.70. The van der Waals surface area contributed by atoms with Crippen molar-refractivity contribution in [3.8, 4) is 5.75 Å². The van der Waals surface area contributed by atoms with E-state index in [1.165, 1.54) is 0 Å². The third-order valence-corrected chi connectivity index (χ3v) is 7.31. The zero-order valence-electron chi connectivity index (χ0n) is 21.3. The number of likely N-dealkylation sites (tertiary alicyclic amines) is 1. The fraction of sp³-hybridized carbons (Fsp3) is 0.423. The molecule has 3 amide bonds. The number of hydrogen-bond donors (Lipinski definition) is 4. The molecule has 1 saturated heterocycles. The molecule has 204 valence electrons. The topological polar surface area (TPSA) is 154 Å². The Kier molecular flexibility index (Phi) is 8.34. The predicted octanol–water partition coefficient (Wildman–Crippen LogP) is 0.316. The molecule has 2 aliphatic rings. The van der Waals surface area contributed by atoms with Crippen LogP contribution in [0.4, 0.5) is 5.69 Å². The van der Waals surface area contributed by atoms with Gasteiger partial charge in [-0.05, 0) is 41.3 Å². The number of carbonyl (C=O) groups is 3. The third-order valence-electron chi connectivity index (χ3n) is 6.71. The summed E-state index contributed by atoms with van der Waals surface area (Å²) in [5.74, 6) is -1.77. The van der Waals surface area contributed by atoms with Gasteiger partial charge in [0.1, 0.15) is 5.75 Å². The Morgan fingerprint density at radius 2 is 2.00 bits per heavy atom. The summed E-state index contributed by atoms with van der Waals surface area (Å²) in [6.45, 7) is 1.14. The maximum Gasteiger partial charge on any atom is 0.271 e. The van der Waals surface area contributed by atoms with E-state index in [1.807, 2.05) is 29.0 Å². The predicted molar refractivity (Wildman–Crippen MR) is 140 cm³/mol. The van der Waals surface area contributed by atoms with Gasteiger partial charge in [-0.25, -0.2) is 8.42 Å². The van der Waals surface area contributed by atoms with Gasteiger partial charge in [-0.15, -0.1) is 0 Å². The molecular weight excluding hydrogens is 512 g/mol. The number of fused-ring (bicyclic) bond motifs is 1. The van der Waals surface area contributed by atoms with Gasteiger partial charge in [-0.2, -0.15) is 0 Å². The number of rotatable bonds is 10. The molecule has 3 atom stereocenters. The van der Waals surface area contributed by atoms with Crippen molar-refractivity contribution in [2.45, 2.75) is 30.8 Å². The molecule has 0 saturated carbocycles. The molecule has 1 fully saturated rings. The Morgan fingerprint density at radius 1 is 1.21 bits per heavy atom. The minimum Gasteiger partial charge on any atom is -0.484 e. The number of ether oxygens (including phenoxy) is 1. The van der Waals surface area contributed by atoms with Crippen molar-refractivity contribution < 1.29 is 32.6 Å². The molecule has 0 aromatic heterocycles. The van der Waals surface area contributed by atoms with Crippen molar-refractivity contribution in [2.24, 2.45) is 0 Å². The highest BCUT2D eigenvalue weighted by Crippen LogP contribution is 2.38. The second kappa shape index (κ2) is 11.5. The molecule has 4 rings (SSSR count). The average molecular weight is 545 g/mol. The number of benzene rings is 2. The van der Waals surface area contributed by atoms with E-state index in [0.29, 0.717) is 43.9 Å². The van der Waals surface area contributed by atoms with Crippen LogP contribution >= 0.6 is 0 Å². The normalized spacial score (nSPS) is 18.8. The van der Waals surface area contributed by atoms with Crippen LogP contribution in [0.25, 0.3) is 0 Å². The lowest BCUT2D eigenvalue weighted by atomic mass is 9.79. The largest absolute Gasteiger partial charge is 0.484 e. The molecule has 0 radical (unpaired) electrons. The number of aliphatic hydroxyl groups is 1. The van der Waals surface area contributed by atoms with E-state index in [2.05, 4.69) is 15.5 Å². The first-order valence-electron chi connectivity index (χ1n) is 12.3. The lowest BCUT2D eigenvalue weighted by Crippen LogP contribution is -2.36. The van der Waals surface area contributed by atoms with E-state index in [4.69, 9.17) is 4.74 Å². The summed E-state index contributed by atoms with van der Waals surface area (Å²) in [5, 5.41) is 15.7. The number of sulfonamides is 1. The lowest BCUT2D eigenvalue weighted by Gasteiger charge is -2.31. The van der Waals surface area contributed by atoms with Crippen LogP contribution in [-0.2, 0) is 30.8 Å². The molecule has 2 aromatic carbocycles. The van der Waals surface area contributed by atoms with Gasteiger partial charge in [0, 0.05) is 38.3 Å². The third kappa shape index (κ3) is 6.88. The summed E-state index contributed by atoms with van der Waals surface area (Å²) in [4.78, 5) is 39.3. The van der Waals surface area contributed by atoms with Gasteiger partial charge in [0.05, 0.1) is 24.7 Å². The Morgan fingerprint density at radius 3 is 2.68 bits per heavy atom. The van der Waals surface area contributed by atoms with E-state index < -0.39 is 34.6 Å². The van der Waals surface area contributed by atoms with Crippen molar-refractivity contribution in [3.05, 3.63) is 59.2 Å². The van der Waals surface area contributed by atoms with E-state index in [0.717, 1.165) is 22.9 Å². The second-order valence-corrected chi connectivity index (χ2v) is 11.4. The van der Waals surface area contributed by atoms with Crippen LogP contribution in [0.1, 0.15) is 34.9 Å². The Labute approximate surface area is 221 Å². The highest BCUT2D eigenvalue weighted by atomic mass is 32.2. The SMILES string of the molecule is CNC(=O)C(c1ccc2c(c1)NC(=O)C2)[C@H](CN1CC[C@H](O)C1)c1cccc(OCC(=O)NS(C)(=O)=O)c1. The van der Waals surface area contributed by atoms with Crippen molar-refractivity contribution in [2.75, 3.05) is 44.9 Å². The molecule has 11 nitrogen and oxygen atoms in total. The van der Waals surface area contributed by atoms with E-state index >= 15 is 0 Å². The van der Waals surface area contributed by atoms with Crippen molar-refractivity contribution in [1.29, 1.82) is 0 Å². The standard InChI is InChI=1S/C26H32N4O7S/c1-27-26(34)25(18-7-6-17-12-23(32)28-22(17)11-18)21(14-30-9-8-19(31)13-30)16-4-3-5-20(10-16)37-15-24(33)29-38(2,35)36/h3-7,10-11,19,21,25,31H,8-9,12-15H2,1-2H3,(H,27,34)(H,28,32)(H,29,33)/t19-,21+,25?/m0/s1. The first-order valence-corrected chi connectivity index (χ1v) is 14.2. The Bertz CT molecular complexity index is 1330. The van der Waals surface area contributed by atoms with Crippen molar-refractivity contribution >= 4 is 33.4 Å². The summed E-state index contributed by atoms with van der Waals surface area (Å²) in [6.07, 6.45) is 1.38. The van der Waals surface area contributed by atoms with Crippen LogP contribution < -0.4 is 20.1 Å². The molecule has 0 spiro atoms. The zero-order valence-corrected chi connectivity index (χ0v) is 22.1. The van der Waals surface area contributed by atoms with Crippen molar-refractivity contribution in [1.82, 2.24) is 14.9 Å². The van der Waals surface area contributed by atoms with Gasteiger partial charge in [0.15, 0.2) is 6.61 Å². The monoisotopic (exact) mass is 544 g/mol. The summed E-state index contributed by atoms with van der Waals surface area (Å²) in [7, 11) is -2.14. The fourth-order valence-corrected chi connectivity index (χ4v) is 5.50. The van der Waals surface area contributed by atoms with Crippen molar-refractivity contribution in [3.63, 3.8) is 0 Å². The number of carbonyl (C=O) groups excluding carboxylic acids is 3. The minimum atomic E-state index is -3.71. The molecule has 12 heteroatoms. The fourth-order valence-electron chi connectivity index (χ4n) is 5.03. The van der Waals surface area contributed by atoms with E-state index in [1.54, 1.807) is 25.2 Å². The molecule has 2 aliphatic heterocycles. The van der Waals surface area contributed by atoms with Gasteiger partial charge >= 0.3 is 0 Å². The number of likely N-dealkylation sites (N-methyl/N-ethyl adjacent to an activating group) is 1. The lowest BCUT2D eigenvalue weighted by molar-refractivity contribution is -0.123. The molecule has 1 unspecified atom stereocenters. The minimum absolute atomic E-state index is 0.0963. The number of amides is 3. The van der Waals surface area contributed by atoms with E-state index in [-0.39, 0.29) is 17.7 Å². The summed E-state index contributed by atoms with van der Waals surface area (Å²) >= 11 is 0. The maximum atomic E-state index is 13.4. The number of β-amino-alcohol motifs (C(OH)–C–C–N with tert-alkyl or cyclic N) is 1. The highest BCUT2D eigenvalue weighted by molar-refractivity contribution is 7.89. The molecule has 2 aromatic rings. The first-order chi connectivity index (χ1) is 18.0. The first kappa shape index (κ1) is 27.6. The summed E-state index contributed by atoms with van der Waals surface area (Å²) in [5.41, 5.74) is 3.06. The smallest absolute Gasteiger partial charge is 0.271 e. The molecule has 38 heavy (non-hydrogen) atoms. The van der Waals surface area contributed by atoms with Crippen LogP contribution in [0.3, 0.4) is 0 Å². The molecule has 0 bridgehead atoms. The maximum absolute atomic E-state index is 13.4. The van der Waals surface area contributed by atoms with Crippen LogP contribution in [0.5, 0.6) is 5.75 Å². The Hall–Kier alpha value is -3.48. The summed E-state index contributed by atoms with van der Waals surface area (Å²) < 4.78 is 30.0. The van der Waals surface area contributed by atoms with Gasteiger partial charge in [0.2, 0.25) is 21.8 Å². The van der Waals surface area contributed by atoms with Gasteiger partial charge < -0.3 is 25.4 Å². The molecule has 2 heterocycles. The number of hydrogen-bond acceptors (Lipinski definition) is 8. The number of nitrogens with zero attached hydrogens (tertiary/aromatic N) is 1. The average Bonchev–Trinajstić information content (AvgIpc) is 3.44. The highest BCUT2D eigenvalue weighted by Gasteiger charge is 2.35. The van der Waals surface area contributed by atoms with E-state index in [9.17, 15) is 27.9 Å². The number of nitrogens with one attached hydrogen (secondary N) is 3. The van der Waals surface area contributed by atoms with Crippen LogP contribution in [0.15, 0.2) is 42.5 Å². The van der Waals surface area contributed by atoms with Gasteiger partial charge in [0.25, 0.3) is 5.91 Å². The quantitative estimate of drug-likeness (QED) is 0.333. The van der Waals surface area contributed by atoms with Gasteiger partial charge in [-0.1, -0.05) is 24.3 Å². The Balaban J connectivity index is 1.67. The zero-order chi connectivity index (χ0) is 27.4. The summed E-state index contributed by atoms with van der Waals surface area (Å²) in [6, 6.07) is 12.5.